The predicted octanol–water partition coefficient (Wildman–Crippen LogP) is 0.709. The minimum Gasteiger partial charge on any atom is -0.388 e. The lowest BCUT2D eigenvalue weighted by Crippen LogP contribution is -2.48. The van der Waals surface area contributed by atoms with E-state index in [9.17, 15) is 14.7 Å². The third kappa shape index (κ3) is 2.23. The SMILES string of the molecule is Cc1cn2c(=O)c(C(=O)NCC3(O)CCC3)cnc2s1. The summed E-state index contributed by atoms with van der Waals surface area (Å²) in [6, 6.07) is 0. The molecule has 0 atom stereocenters. The molecule has 0 radical (unpaired) electrons. The van der Waals surface area contributed by atoms with Gasteiger partial charge in [-0.25, -0.2) is 4.98 Å². The first-order valence-corrected chi connectivity index (χ1v) is 7.29. The van der Waals surface area contributed by atoms with Crippen molar-refractivity contribution >= 4 is 22.2 Å². The number of nitrogens with zero attached hydrogens (tertiary/aromatic N) is 2. The van der Waals surface area contributed by atoms with E-state index in [-0.39, 0.29) is 17.7 Å². The molecular formula is C13H15N3O3S. The number of hydrogen-bond acceptors (Lipinski definition) is 5. The number of rotatable bonds is 3. The number of aryl methyl sites for hydroxylation is 1. The zero-order valence-electron chi connectivity index (χ0n) is 11.0. The van der Waals surface area contributed by atoms with Crippen LogP contribution < -0.4 is 10.9 Å². The molecule has 20 heavy (non-hydrogen) atoms. The van der Waals surface area contributed by atoms with Crippen molar-refractivity contribution in [3.8, 4) is 0 Å². The Balaban J connectivity index is 1.84. The highest BCUT2D eigenvalue weighted by molar-refractivity contribution is 7.16. The van der Waals surface area contributed by atoms with E-state index in [2.05, 4.69) is 10.3 Å². The van der Waals surface area contributed by atoms with Crippen molar-refractivity contribution in [2.45, 2.75) is 31.8 Å². The van der Waals surface area contributed by atoms with Gasteiger partial charge < -0.3 is 10.4 Å². The second-order valence-electron chi connectivity index (χ2n) is 5.23. The lowest BCUT2D eigenvalue weighted by Gasteiger charge is -2.36. The van der Waals surface area contributed by atoms with Gasteiger partial charge in [0.15, 0.2) is 4.96 Å². The molecule has 0 spiro atoms. The maximum absolute atomic E-state index is 12.2. The number of amides is 1. The fourth-order valence-electron chi connectivity index (χ4n) is 2.25. The third-order valence-electron chi connectivity index (χ3n) is 3.63. The van der Waals surface area contributed by atoms with Gasteiger partial charge in [-0.3, -0.25) is 14.0 Å². The summed E-state index contributed by atoms with van der Waals surface area (Å²) >= 11 is 1.40. The van der Waals surface area contributed by atoms with Crippen LogP contribution in [0.5, 0.6) is 0 Å². The van der Waals surface area contributed by atoms with Gasteiger partial charge in [0.05, 0.1) is 5.60 Å². The molecule has 0 unspecified atom stereocenters. The van der Waals surface area contributed by atoms with Gasteiger partial charge in [0.2, 0.25) is 0 Å². The highest BCUT2D eigenvalue weighted by atomic mass is 32.1. The average Bonchev–Trinajstić information content (AvgIpc) is 2.76. The summed E-state index contributed by atoms with van der Waals surface area (Å²) in [5.41, 5.74) is -1.18. The number of nitrogens with one attached hydrogen (secondary N) is 1. The lowest BCUT2D eigenvalue weighted by molar-refractivity contribution is -0.0300. The Morgan fingerprint density at radius 3 is 3.00 bits per heavy atom. The van der Waals surface area contributed by atoms with Gasteiger partial charge in [-0.1, -0.05) is 0 Å². The molecule has 1 amide bonds. The summed E-state index contributed by atoms with van der Waals surface area (Å²) in [7, 11) is 0. The molecule has 7 heteroatoms. The number of hydrogen-bond donors (Lipinski definition) is 2. The first-order chi connectivity index (χ1) is 9.48. The molecule has 1 aliphatic rings. The Kier molecular flexibility index (Phi) is 3.10. The van der Waals surface area contributed by atoms with E-state index in [0.29, 0.717) is 17.8 Å². The molecule has 1 saturated carbocycles. The summed E-state index contributed by atoms with van der Waals surface area (Å²) in [6.45, 7) is 2.06. The molecule has 106 valence electrons. The van der Waals surface area contributed by atoms with Crippen LogP contribution in [0.2, 0.25) is 0 Å². The summed E-state index contributed by atoms with van der Waals surface area (Å²) in [5.74, 6) is -0.485. The Morgan fingerprint density at radius 1 is 1.60 bits per heavy atom. The highest BCUT2D eigenvalue weighted by Gasteiger charge is 2.34. The van der Waals surface area contributed by atoms with Crippen molar-refractivity contribution in [3.63, 3.8) is 0 Å². The average molecular weight is 293 g/mol. The highest BCUT2D eigenvalue weighted by Crippen LogP contribution is 2.30. The first kappa shape index (κ1) is 13.3. The molecular weight excluding hydrogens is 278 g/mol. The maximum Gasteiger partial charge on any atom is 0.271 e. The van der Waals surface area contributed by atoms with Crippen molar-refractivity contribution in [2.75, 3.05) is 6.54 Å². The molecule has 2 aromatic heterocycles. The summed E-state index contributed by atoms with van der Waals surface area (Å²) < 4.78 is 1.38. The van der Waals surface area contributed by atoms with Gasteiger partial charge in [0.1, 0.15) is 5.56 Å². The molecule has 1 fully saturated rings. The fraction of sp³-hybridized carbons (Fsp3) is 0.462. The monoisotopic (exact) mass is 293 g/mol. The number of aromatic nitrogens is 2. The third-order valence-corrected chi connectivity index (χ3v) is 4.54. The zero-order valence-corrected chi connectivity index (χ0v) is 11.9. The van der Waals surface area contributed by atoms with Gasteiger partial charge in [-0.2, -0.15) is 0 Å². The fourth-order valence-corrected chi connectivity index (χ4v) is 3.04. The predicted molar refractivity (Wildman–Crippen MR) is 75.2 cm³/mol. The summed E-state index contributed by atoms with van der Waals surface area (Å²) in [5, 5.41) is 12.6. The second-order valence-corrected chi connectivity index (χ2v) is 6.45. The standard InChI is InChI=1S/C13H15N3O3S/c1-8-6-16-11(18)9(5-14-12(16)20-8)10(17)15-7-13(19)3-2-4-13/h5-6,19H,2-4,7H2,1H3,(H,15,17). The van der Waals surface area contributed by atoms with E-state index in [0.717, 1.165) is 11.3 Å². The Bertz CT molecular complexity index is 730. The lowest BCUT2D eigenvalue weighted by atomic mass is 9.80. The van der Waals surface area contributed by atoms with E-state index < -0.39 is 11.5 Å². The molecule has 0 aromatic carbocycles. The number of thiazole rings is 1. The van der Waals surface area contributed by atoms with Crippen LogP contribution in [0.25, 0.3) is 4.96 Å². The first-order valence-electron chi connectivity index (χ1n) is 6.47. The van der Waals surface area contributed by atoms with E-state index in [1.165, 1.54) is 21.9 Å². The van der Waals surface area contributed by atoms with E-state index in [1.807, 2.05) is 6.92 Å². The van der Waals surface area contributed by atoms with E-state index >= 15 is 0 Å². The van der Waals surface area contributed by atoms with Crippen molar-refractivity contribution in [1.82, 2.24) is 14.7 Å². The minimum absolute atomic E-state index is 0.00298. The van der Waals surface area contributed by atoms with Crippen LogP contribution in [0.15, 0.2) is 17.2 Å². The summed E-state index contributed by atoms with van der Waals surface area (Å²) in [6.07, 6.45) is 5.32. The second kappa shape index (κ2) is 4.68. The Labute approximate surface area is 119 Å². The minimum atomic E-state index is -0.803. The molecule has 2 aromatic rings. The van der Waals surface area contributed by atoms with Crippen LogP contribution in [0.4, 0.5) is 0 Å². The Hall–Kier alpha value is -1.73. The van der Waals surface area contributed by atoms with Crippen molar-refractivity contribution < 1.29 is 9.90 Å². The van der Waals surface area contributed by atoms with E-state index in [4.69, 9.17) is 0 Å². The number of carbonyl (C=O) groups excluding carboxylic acids is 1. The molecule has 3 rings (SSSR count). The number of fused-ring (bicyclic) bond motifs is 1. The molecule has 1 aliphatic carbocycles. The van der Waals surface area contributed by atoms with Crippen LogP contribution in [0.3, 0.4) is 0 Å². The van der Waals surface area contributed by atoms with Crippen LogP contribution in [0, 0.1) is 6.92 Å². The quantitative estimate of drug-likeness (QED) is 0.873. The molecule has 0 bridgehead atoms. The summed E-state index contributed by atoms with van der Waals surface area (Å²) in [4.78, 5) is 29.9. The van der Waals surface area contributed by atoms with Gasteiger partial charge in [0.25, 0.3) is 11.5 Å². The Morgan fingerprint density at radius 2 is 2.35 bits per heavy atom. The molecule has 2 N–H and O–H groups in total. The van der Waals surface area contributed by atoms with Crippen molar-refractivity contribution in [2.24, 2.45) is 0 Å². The zero-order chi connectivity index (χ0) is 14.3. The largest absolute Gasteiger partial charge is 0.388 e. The van der Waals surface area contributed by atoms with Crippen molar-refractivity contribution in [1.29, 1.82) is 0 Å². The van der Waals surface area contributed by atoms with Crippen LogP contribution >= 0.6 is 11.3 Å². The van der Waals surface area contributed by atoms with Crippen LogP contribution in [-0.4, -0.2) is 32.5 Å². The van der Waals surface area contributed by atoms with Crippen LogP contribution in [-0.2, 0) is 0 Å². The van der Waals surface area contributed by atoms with Gasteiger partial charge >= 0.3 is 0 Å². The number of aliphatic hydroxyl groups is 1. The smallest absolute Gasteiger partial charge is 0.271 e. The molecule has 0 aliphatic heterocycles. The van der Waals surface area contributed by atoms with Gasteiger partial charge in [0, 0.05) is 23.8 Å². The number of carbonyl (C=O) groups is 1. The van der Waals surface area contributed by atoms with E-state index in [1.54, 1.807) is 6.20 Å². The van der Waals surface area contributed by atoms with Crippen LogP contribution in [0.1, 0.15) is 34.5 Å². The molecule has 0 saturated heterocycles. The van der Waals surface area contributed by atoms with Gasteiger partial charge in [-0.05, 0) is 26.2 Å². The molecule has 2 heterocycles. The van der Waals surface area contributed by atoms with Gasteiger partial charge in [-0.15, -0.1) is 11.3 Å². The maximum atomic E-state index is 12.2. The topological polar surface area (TPSA) is 83.7 Å². The van der Waals surface area contributed by atoms with Crippen molar-refractivity contribution in [3.05, 3.63) is 33.2 Å². The normalized spacial score (nSPS) is 16.9. The molecule has 6 nitrogen and oxygen atoms in total.